The average Bonchev–Trinajstić information content (AvgIpc) is 3.01. The number of aromatic hydroxyl groups is 1. The largest absolute Gasteiger partial charge is 0.506 e. The van der Waals surface area contributed by atoms with E-state index in [0.29, 0.717) is 28.9 Å². The molecule has 0 radical (unpaired) electrons. The highest BCUT2D eigenvalue weighted by atomic mass is 16.5. The summed E-state index contributed by atoms with van der Waals surface area (Å²) in [6.07, 6.45) is 0. The van der Waals surface area contributed by atoms with Crippen molar-refractivity contribution in [1.82, 2.24) is 15.0 Å². The van der Waals surface area contributed by atoms with E-state index in [-0.39, 0.29) is 5.75 Å². The second-order valence-corrected chi connectivity index (χ2v) is 9.11. The van der Waals surface area contributed by atoms with Gasteiger partial charge in [0.2, 0.25) is 0 Å². The van der Waals surface area contributed by atoms with Crippen LogP contribution in [0.15, 0.2) is 127 Å². The Labute approximate surface area is 225 Å². The average molecular weight is 507 g/mol. The van der Waals surface area contributed by atoms with Crippen molar-refractivity contribution in [2.75, 3.05) is 4.90 Å². The molecule has 2 heterocycles. The van der Waals surface area contributed by atoms with Gasteiger partial charge in [-0.25, -0.2) is 15.0 Å². The lowest BCUT2D eigenvalue weighted by Crippen LogP contribution is -2.15. The van der Waals surface area contributed by atoms with Crippen molar-refractivity contribution in [2.45, 2.75) is 0 Å². The van der Waals surface area contributed by atoms with Gasteiger partial charge in [-0.1, -0.05) is 78.9 Å². The second kappa shape index (κ2) is 9.43. The lowest BCUT2D eigenvalue weighted by atomic mass is 10.1. The number of anilines is 3. The van der Waals surface area contributed by atoms with Gasteiger partial charge in [-0.05, 0) is 48.5 Å². The Kier molecular flexibility index (Phi) is 5.49. The molecule has 0 spiro atoms. The van der Waals surface area contributed by atoms with Crippen LogP contribution in [0.5, 0.6) is 17.2 Å². The molecule has 0 saturated carbocycles. The Morgan fingerprint density at radius 3 is 1.62 bits per heavy atom. The van der Waals surface area contributed by atoms with Crippen LogP contribution in [0, 0.1) is 0 Å². The van der Waals surface area contributed by atoms with E-state index in [4.69, 9.17) is 19.7 Å². The van der Waals surface area contributed by atoms with E-state index >= 15 is 0 Å². The number of phenols is 1. The summed E-state index contributed by atoms with van der Waals surface area (Å²) in [5, 5.41) is 10.8. The maximum atomic E-state index is 10.8. The summed E-state index contributed by atoms with van der Waals surface area (Å²) >= 11 is 0. The number of aromatic nitrogens is 3. The summed E-state index contributed by atoms with van der Waals surface area (Å²) in [4.78, 5) is 16.4. The van der Waals surface area contributed by atoms with Crippen molar-refractivity contribution in [3.63, 3.8) is 0 Å². The van der Waals surface area contributed by atoms with E-state index in [9.17, 15) is 5.11 Å². The SMILES string of the molecule is Oc1cccc2c1N(c1ccc(-c3nc(-c4ccccc4)nc(-c4ccccc4)n3)cc1)c1ccccc1O2. The van der Waals surface area contributed by atoms with Crippen LogP contribution in [0.2, 0.25) is 0 Å². The first-order valence-electron chi connectivity index (χ1n) is 12.6. The van der Waals surface area contributed by atoms with Crippen LogP contribution in [-0.2, 0) is 0 Å². The van der Waals surface area contributed by atoms with Gasteiger partial charge in [-0.15, -0.1) is 0 Å². The normalized spacial score (nSPS) is 11.8. The van der Waals surface area contributed by atoms with Crippen molar-refractivity contribution in [3.05, 3.63) is 127 Å². The predicted octanol–water partition coefficient (Wildman–Crippen LogP) is 8.15. The highest BCUT2D eigenvalue weighted by Gasteiger charge is 2.28. The number of hydrogen-bond acceptors (Lipinski definition) is 6. The van der Waals surface area contributed by atoms with Crippen LogP contribution in [0.3, 0.4) is 0 Å². The molecule has 39 heavy (non-hydrogen) atoms. The molecule has 1 N–H and O–H groups in total. The smallest absolute Gasteiger partial charge is 0.164 e. The van der Waals surface area contributed by atoms with Crippen molar-refractivity contribution in [1.29, 1.82) is 0 Å². The molecule has 1 aliphatic heterocycles. The van der Waals surface area contributed by atoms with Gasteiger partial charge in [0.15, 0.2) is 29.0 Å². The van der Waals surface area contributed by atoms with E-state index in [1.165, 1.54) is 0 Å². The zero-order chi connectivity index (χ0) is 26.2. The fourth-order valence-corrected chi connectivity index (χ4v) is 4.75. The maximum Gasteiger partial charge on any atom is 0.164 e. The first kappa shape index (κ1) is 22.7. The Balaban J connectivity index is 1.33. The number of phenolic OH excluding ortho intramolecular Hbond substituents is 1. The fraction of sp³-hybridized carbons (Fsp3) is 0. The number of fused-ring (bicyclic) bond motifs is 2. The predicted molar refractivity (Wildman–Crippen MR) is 153 cm³/mol. The van der Waals surface area contributed by atoms with Crippen molar-refractivity contribution >= 4 is 17.1 Å². The number of para-hydroxylation sites is 3. The maximum absolute atomic E-state index is 10.8. The topological polar surface area (TPSA) is 71.4 Å². The van der Waals surface area contributed by atoms with E-state index in [0.717, 1.165) is 33.8 Å². The zero-order valence-corrected chi connectivity index (χ0v) is 20.8. The molecule has 7 rings (SSSR count). The molecule has 0 amide bonds. The summed E-state index contributed by atoms with van der Waals surface area (Å²) in [7, 11) is 0. The van der Waals surface area contributed by atoms with Crippen LogP contribution < -0.4 is 9.64 Å². The summed E-state index contributed by atoms with van der Waals surface area (Å²) in [6.45, 7) is 0. The molecular formula is C33H22N4O2. The number of benzene rings is 5. The lowest BCUT2D eigenvalue weighted by molar-refractivity contribution is 0.451. The highest BCUT2D eigenvalue weighted by molar-refractivity contribution is 5.89. The van der Waals surface area contributed by atoms with Crippen LogP contribution >= 0.6 is 0 Å². The Hall–Kier alpha value is -5.49. The van der Waals surface area contributed by atoms with Gasteiger partial charge in [0.1, 0.15) is 11.4 Å². The summed E-state index contributed by atoms with van der Waals surface area (Å²) in [6, 6.07) is 40.9. The van der Waals surface area contributed by atoms with Crippen molar-refractivity contribution in [3.8, 4) is 51.4 Å². The Bertz CT molecular complexity index is 1730. The van der Waals surface area contributed by atoms with E-state index in [1.54, 1.807) is 12.1 Å². The van der Waals surface area contributed by atoms with E-state index < -0.39 is 0 Å². The van der Waals surface area contributed by atoms with Gasteiger partial charge in [-0.2, -0.15) is 0 Å². The standard InChI is InChI=1S/C33H22N4O2/c38-27-15-9-17-29-30(27)37(26-14-7-8-16-28(26)39-29)25-20-18-24(19-21-25)33-35-31(22-10-3-1-4-11-22)34-32(36-33)23-12-5-2-6-13-23/h1-21,38H. The fourth-order valence-electron chi connectivity index (χ4n) is 4.75. The monoisotopic (exact) mass is 506 g/mol. The molecule has 0 bridgehead atoms. The molecule has 6 heteroatoms. The Morgan fingerprint density at radius 1 is 0.487 bits per heavy atom. The molecule has 6 nitrogen and oxygen atoms in total. The van der Waals surface area contributed by atoms with Crippen LogP contribution in [0.25, 0.3) is 34.2 Å². The van der Waals surface area contributed by atoms with Crippen LogP contribution in [0.4, 0.5) is 17.1 Å². The first-order chi connectivity index (χ1) is 19.2. The third-order valence-electron chi connectivity index (χ3n) is 6.61. The molecule has 0 aliphatic carbocycles. The van der Waals surface area contributed by atoms with Gasteiger partial charge >= 0.3 is 0 Å². The summed E-state index contributed by atoms with van der Waals surface area (Å²) < 4.78 is 6.08. The van der Waals surface area contributed by atoms with Crippen molar-refractivity contribution < 1.29 is 9.84 Å². The van der Waals surface area contributed by atoms with Gasteiger partial charge in [0.25, 0.3) is 0 Å². The van der Waals surface area contributed by atoms with Gasteiger partial charge in [0.05, 0.1) is 5.69 Å². The molecule has 1 aliphatic rings. The summed E-state index contributed by atoms with van der Waals surface area (Å²) in [5.41, 5.74) is 5.02. The van der Waals surface area contributed by atoms with Gasteiger partial charge < -0.3 is 14.7 Å². The van der Waals surface area contributed by atoms with E-state index in [1.807, 2.05) is 120 Å². The molecule has 5 aromatic carbocycles. The minimum atomic E-state index is 0.142. The van der Waals surface area contributed by atoms with Crippen LogP contribution in [0.1, 0.15) is 0 Å². The molecule has 6 aromatic rings. The van der Waals surface area contributed by atoms with Gasteiger partial charge in [0, 0.05) is 22.4 Å². The molecule has 0 atom stereocenters. The molecule has 0 unspecified atom stereocenters. The third-order valence-corrected chi connectivity index (χ3v) is 6.61. The molecule has 0 fully saturated rings. The van der Waals surface area contributed by atoms with Gasteiger partial charge in [-0.3, -0.25) is 0 Å². The quantitative estimate of drug-likeness (QED) is 0.260. The minimum Gasteiger partial charge on any atom is -0.506 e. The van der Waals surface area contributed by atoms with Crippen molar-refractivity contribution in [2.24, 2.45) is 0 Å². The van der Waals surface area contributed by atoms with E-state index in [2.05, 4.69) is 0 Å². The molecule has 0 saturated heterocycles. The minimum absolute atomic E-state index is 0.142. The summed E-state index contributed by atoms with van der Waals surface area (Å²) in [5.74, 6) is 3.27. The highest BCUT2D eigenvalue weighted by Crippen LogP contribution is 2.53. The second-order valence-electron chi connectivity index (χ2n) is 9.11. The number of ether oxygens (including phenoxy) is 1. The van der Waals surface area contributed by atoms with Crippen LogP contribution in [-0.4, -0.2) is 20.1 Å². The number of hydrogen-bond donors (Lipinski definition) is 1. The Morgan fingerprint density at radius 2 is 1.00 bits per heavy atom. The molecule has 186 valence electrons. The zero-order valence-electron chi connectivity index (χ0n) is 20.8. The first-order valence-corrected chi connectivity index (χ1v) is 12.6. The number of rotatable bonds is 4. The molecule has 1 aromatic heterocycles. The number of nitrogens with zero attached hydrogens (tertiary/aromatic N) is 4. The lowest BCUT2D eigenvalue weighted by Gasteiger charge is -2.33. The molecular weight excluding hydrogens is 484 g/mol. The third kappa shape index (κ3) is 4.14.